The van der Waals surface area contributed by atoms with E-state index in [0.717, 1.165) is 17.7 Å². The number of amides is 2. The molecule has 2 fully saturated rings. The van der Waals surface area contributed by atoms with Gasteiger partial charge >= 0.3 is 6.18 Å². The first-order valence-electron chi connectivity index (χ1n) is 11.5. The summed E-state index contributed by atoms with van der Waals surface area (Å²) in [7, 11) is 0. The molecule has 9 heteroatoms. The largest absolute Gasteiger partial charge is 0.416 e. The molecular formula is C28H18F3NO5. The number of aryl methyl sites for hydroxylation is 1. The maximum Gasteiger partial charge on any atom is 0.416 e. The Hall–Kier alpha value is -4.11. The molecule has 0 unspecified atom stereocenters. The van der Waals surface area contributed by atoms with Crippen molar-refractivity contribution in [2.75, 3.05) is 4.90 Å². The third-order valence-electron chi connectivity index (χ3n) is 7.36. The Morgan fingerprint density at radius 3 is 2.03 bits per heavy atom. The lowest BCUT2D eigenvalue weighted by Crippen LogP contribution is -2.51. The smallest absolute Gasteiger partial charge is 0.349 e. The molecule has 0 N–H and O–H groups in total. The molecule has 3 atom stereocenters. The first-order chi connectivity index (χ1) is 17.6. The summed E-state index contributed by atoms with van der Waals surface area (Å²) in [6.45, 7) is 1.85. The molecule has 6 nitrogen and oxygen atoms in total. The van der Waals surface area contributed by atoms with E-state index in [2.05, 4.69) is 0 Å². The topological polar surface area (TPSA) is 80.8 Å². The molecule has 37 heavy (non-hydrogen) atoms. The zero-order valence-electron chi connectivity index (χ0n) is 19.3. The van der Waals surface area contributed by atoms with Crippen molar-refractivity contribution in [3.05, 3.63) is 101 Å². The molecule has 1 aliphatic carbocycles. The van der Waals surface area contributed by atoms with E-state index < -0.39 is 58.7 Å². The first kappa shape index (κ1) is 23.3. The van der Waals surface area contributed by atoms with E-state index in [-0.39, 0.29) is 16.8 Å². The van der Waals surface area contributed by atoms with Gasteiger partial charge in [-0.1, -0.05) is 60.2 Å². The van der Waals surface area contributed by atoms with Gasteiger partial charge in [-0.25, -0.2) is 4.90 Å². The van der Waals surface area contributed by atoms with Crippen LogP contribution in [0.25, 0.3) is 0 Å². The zero-order chi connectivity index (χ0) is 26.3. The van der Waals surface area contributed by atoms with Gasteiger partial charge in [0.15, 0.2) is 0 Å². The van der Waals surface area contributed by atoms with Gasteiger partial charge in [0.05, 0.1) is 29.2 Å². The number of anilines is 1. The summed E-state index contributed by atoms with van der Waals surface area (Å²) in [6, 6.07) is 16.8. The molecule has 0 bridgehead atoms. The maximum absolute atomic E-state index is 13.8. The van der Waals surface area contributed by atoms with E-state index >= 15 is 0 Å². The van der Waals surface area contributed by atoms with Gasteiger partial charge in [0.1, 0.15) is 0 Å². The van der Waals surface area contributed by atoms with Crippen LogP contribution in [0.2, 0.25) is 0 Å². The number of hydrogen-bond donors (Lipinski definition) is 0. The lowest BCUT2D eigenvalue weighted by atomic mass is 9.77. The predicted molar refractivity (Wildman–Crippen MR) is 124 cm³/mol. The van der Waals surface area contributed by atoms with E-state index in [0.29, 0.717) is 16.5 Å². The highest BCUT2D eigenvalue weighted by Crippen LogP contribution is 2.57. The van der Waals surface area contributed by atoms with Crippen molar-refractivity contribution < 1.29 is 37.1 Å². The van der Waals surface area contributed by atoms with Crippen LogP contribution in [-0.2, 0) is 20.5 Å². The van der Waals surface area contributed by atoms with E-state index in [4.69, 9.17) is 4.74 Å². The Labute approximate surface area is 208 Å². The quantitative estimate of drug-likeness (QED) is 0.372. The van der Waals surface area contributed by atoms with Crippen molar-refractivity contribution in [2.45, 2.75) is 24.8 Å². The summed E-state index contributed by atoms with van der Waals surface area (Å²) in [5, 5.41) is 0. The third-order valence-corrected chi connectivity index (χ3v) is 7.36. The molecule has 3 aromatic rings. The summed E-state index contributed by atoms with van der Waals surface area (Å²) in [4.78, 5) is 55.7. The highest BCUT2D eigenvalue weighted by molar-refractivity contribution is 6.37. The van der Waals surface area contributed by atoms with Crippen LogP contribution in [0.3, 0.4) is 0 Å². The number of hydrogen-bond acceptors (Lipinski definition) is 5. The van der Waals surface area contributed by atoms with Crippen LogP contribution in [0.15, 0.2) is 72.8 Å². The van der Waals surface area contributed by atoms with Gasteiger partial charge in [-0.15, -0.1) is 0 Å². The van der Waals surface area contributed by atoms with Crippen molar-refractivity contribution in [1.82, 2.24) is 0 Å². The van der Waals surface area contributed by atoms with Gasteiger partial charge in [-0.2, -0.15) is 13.2 Å². The number of carbonyl (C=O) groups is 4. The van der Waals surface area contributed by atoms with E-state index in [1.807, 2.05) is 6.92 Å². The van der Waals surface area contributed by atoms with Crippen LogP contribution in [0.4, 0.5) is 18.9 Å². The van der Waals surface area contributed by atoms with Gasteiger partial charge in [0.2, 0.25) is 29.0 Å². The number of benzene rings is 3. The van der Waals surface area contributed by atoms with Crippen LogP contribution >= 0.6 is 0 Å². The molecule has 0 aromatic heterocycles. The molecule has 3 aliphatic rings. The number of alkyl halides is 3. The number of nitrogens with zero attached hydrogens (tertiary/aromatic N) is 1. The first-order valence-corrected chi connectivity index (χ1v) is 11.5. The minimum Gasteiger partial charge on any atom is -0.349 e. The molecule has 2 saturated heterocycles. The predicted octanol–water partition coefficient (Wildman–Crippen LogP) is 4.71. The molecular weight excluding hydrogens is 487 g/mol. The van der Waals surface area contributed by atoms with Crippen LogP contribution in [0.5, 0.6) is 0 Å². The maximum atomic E-state index is 13.8. The van der Waals surface area contributed by atoms with Crippen molar-refractivity contribution in [3.63, 3.8) is 0 Å². The Morgan fingerprint density at radius 1 is 0.811 bits per heavy atom. The second-order valence-corrected chi connectivity index (χ2v) is 9.45. The minimum atomic E-state index is -4.70. The fraction of sp³-hybridized carbons (Fsp3) is 0.214. The van der Waals surface area contributed by atoms with Crippen LogP contribution < -0.4 is 4.90 Å². The normalized spacial score (nSPS) is 24.2. The summed E-state index contributed by atoms with van der Waals surface area (Å²) in [6.07, 6.45) is -5.84. The number of ketones is 2. The zero-order valence-corrected chi connectivity index (χ0v) is 19.3. The molecule has 2 aliphatic heterocycles. The fourth-order valence-corrected chi connectivity index (χ4v) is 5.65. The summed E-state index contributed by atoms with van der Waals surface area (Å²) < 4.78 is 46.3. The average Bonchev–Trinajstić information content (AvgIpc) is 3.44. The van der Waals surface area contributed by atoms with Gasteiger partial charge in [0.25, 0.3) is 0 Å². The standard InChI is InChI=1S/C28H18F3NO5/c1-14-9-11-15(12-10-14)22-20-21(27(37-22)23(33)18-7-2-3-8-19(18)24(27)34)26(36)32(25(20)35)17-6-4-5-16(13-17)28(29,30)31/h2-13,20-22H,1H3/t20-,21-,22+/m1/s1. The van der Waals surface area contributed by atoms with E-state index in [1.165, 1.54) is 18.2 Å². The number of Topliss-reactive ketones (excluding diaryl/α,β-unsaturated/α-hetero) is 2. The molecule has 186 valence electrons. The van der Waals surface area contributed by atoms with Crippen molar-refractivity contribution in [3.8, 4) is 0 Å². The number of ether oxygens (including phenoxy) is 1. The van der Waals surface area contributed by atoms with E-state index in [9.17, 15) is 32.3 Å². The Bertz CT molecular complexity index is 1480. The Kier molecular flexibility index (Phi) is 4.84. The molecule has 0 saturated carbocycles. The minimum absolute atomic E-state index is 0.0774. The number of rotatable bonds is 2. The van der Waals surface area contributed by atoms with Crippen LogP contribution in [-0.4, -0.2) is 29.0 Å². The van der Waals surface area contributed by atoms with Gasteiger partial charge in [-0.05, 0) is 30.7 Å². The van der Waals surface area contributed by atoms with Crippen LogP contribution in [0.1, 0.15) is 43.5 Å². The van der Waals surface area contributed by atoms with Crippen molar-refractivity contribution in [2.24, 2.45) is 11.8 Å². The second-order valence-electron chi connectivity index (χ2n) is 9.45. The fourth-order valence-electron chi connectivity index (χ4n) is 5.65. The summed E-state index contributed by atoms with van der Waals surface area (Å²) in [5.74, 6) is -6.05. The molecule has 3 aromatic carbocycles. The SMILES string of the molecule is Cc1ccc([C@@H]2OC3(C(=O)c4ccccc4C3=O)[C@H]3C(=O)N(c4cccc(C(F)(F)F)c4)C(=O)[C@@H]23)cc1. The molecule has 0 radical (unpaired) electrons. The van der Waals surface area contributed by atoms with Crippen molar-refractivity contribution in [1.29, 1.82) is 0 Å². The lowest BCUT2D eigenvalue weighted by molar-refractivity contribution is -0.137. The highest BCUT2D eigenvalue weighted by atomic mass is 19.4. The van der Waals surface area contributed by atoms with Gasteiger partial charge < -0.3 is 4.74 Å². The summed E-state index contributed by atoms with van der Waals surface area (Å²) >= 11 is 0. The van der Waals surface area contributed by atoms with Crippen LogP contribution in [0, 0.1) is 18.8 Å². The number of fused-ring (bicyclic) bond motifs is 3. The third kappa shape index (κ3) is 3.10. The second kappa shape index (κ2) is 7.69. The number of imide groups is 1. The number of carbonyl (C=O) groups excluding carboxylic acids is 4. The van der Waals surface area contributed by atoms with Gasteiger partial charge in [0, 0.05) is 11.1 Å². The average molecular weight is 505 g/mol. The molecule has 1 spiro atoms. The lowest BCUT2D eigenvalue weighted by Gasteiger charge is -2.27. The monoisotopic (exact) mass is 505 g/mol. The molecule has 6 rings (SSSR count). The van der Waals surface area contributed by atoms with E-state index in [1.54, 1.807) is 36.4 Å². The Morgan fingerprint density at radius 2 is 1.43 bits per heavy atom. The highest BCUT2D eigenvalue weighted by Gasteiger charge is 2.74. The summed E-state index contributed by atoms with van der Waals surface area (Å²) in [5.41, 5.74) is -2.07. The molecule has 2 heterocycles. The number of halogens is 3. The Balaban J connectivity index is 1.53. The van der Waals surface area contributed by atoms with Gasteiger partial charge in [-0.3, -0.25) is 19.2 Å². The molecule has 2 amide bonds. The van der Waals surface area contributed by atoms with Crippen molar-refractivity contribution >= 4 is 29.1 Å².